The van der Waals surface area contributed by atoms with Crippen molar-refractivity contribution in [3.63, 3.8) is 0 Å². The molecule has 6 nitrogen and oxygen atoms in total. The van der Waals surface area contributed by atoms with Crippen LogP contribution in [-0.2, 0) is 11.3 Å². The van der Waals surface area contributed by atoms with Crippen LogP contribution in [0.25, 0.3) is 0 Å². The first-order valence-corrected chi connectivity index (χ1v) is 8.33. The highest BCUT2D eigenvalue weighted by atomic mass is 16.5. The van der Waals surface area contributed by atoms with Gasteiger partial charge in [0.2, 0.25) is 0 Å². The molecule has 1 amide bonds. The molecule has 0 fully saturated rings. The van der Waals surface area contributed by atoms with Crippen molar-refractivity contribution in [1.82, 2.24) is 4.98 Å². The zero-order chi connectivity index (χ0) is 19.2. The summed E-state index contributed by atoms with van der Waals surface area (Å²) in [5.74, 6) is -0.553. The summed E-state index contributed by atoms with van der Waals surface area (Å²) in [5.41, 5.74) is 1.37. The fourth-order valence-electron chi connectivity index (χ4n) is 2.63. The van der Waals surface area contributed by atoms with Gasteiger partial charge in [0.1, 0.15) is 11.5 Å². The van der Waals surface area contributed by atoms with E-state index in [0.717, 1.165) is 0 Å². The Morgan fingerprint density at radius 3 is 2.52 bits per heavy atom. The van der Waals surface area contributed by atoms with Gasteiger partial charge in [0, 0.05) is 18.7 Å². The number of rotatable bonds is 5. The van der Waals surface area contributed by atoms with Crippen molar-refractivity contribution in [1.29, 1.82) is 0 Å². The highest BCUT2D eigenvalue weighted by Crippen LogP contribution is 2.29. The van der Waals surface area contributed by atoms with E-state index in [2.05, 4.69) is 4.98 Å². The lowest BCUT2D eigenvalue weighted by Gasteiger charge is -2.23. The average molecular weight is 362 g/mol. The summed E-state index contributed by atoms with van der Waals surface area (Å²) in [7, 11) is 0. The highest BCUT2D eigenvalue weighted by Gasteiger charge is 2.21. The van der Waals surface area contributed by atoms with Crippen molar-refractivity contribution in [2.45, 2.75) is 13.5 Å². The Kier molecular flexibility index (Phi) is 5.47. The van der Waals surface area contributed by atoms with Crippen molar-refractivity contribution in [2.24, 2.45) is 0 Å². The summed E-state index contributed by atoms with van der Waals surface area (Å²) >= 11 is 0. The van der Waals surface area contributed by atoms with E-state index in [1.165, 1.54) is 24.0 Å². The van der Waals surface area contributed by atoms with Crippen LogP contribution in [0.5, 0.6) is 11.5 Å². The molecule has 0 saturated carbocycles. The van der Waals surface area contributed by atoms with Crippen LogP contribution in [-0.4, -0.2) is 22.0 Å². The maximum Gasteiger partial charge on any atom is 0.308 e. The molecule has 0 saturated heterocycles. The Labute approximate surface area is 156 Å². The van der Waals surface area contributed by atoms with Gasteiger partial charge in [0.15, 0.2) is 0 Å². The second-order valence-corrected chi connectivity index (χ2v) is 5.82. The molecule has 0 aliphatic heterocycles. The van der Waals surface area contributed by atoms with Gasteiger partial charge in [0.05, 0.1) is 17.9 Å². The number of ether oxygens (including phenoxy) is 1. The lowest BCUT2D eigenvalue weighted by molar-refractivity contribution is -0.131. The van der Waals surface area contributed by atoms with E-state index >= 15 is 0 Å². The largest absolute Gasteiger partial charge is 0.506 e. The number of carbonyl (C=O) groups is 2. The summed E-state index contributed by atoms with van der Waals surface area (Å²) in [5, 5.41) is 10.2. The number of benzene rings is 2. The first kappa shape index (κ1) is 18.1. The van der Waals surface area contributed by atoms with Crippen LogP contribution < -0.4 is 9.64 Å². The van der Waals surface area contributed by atoms with Crippen LogP contribution >= 0.6 is 0 Å². The van der Waals surface area contributed by atoms with E-state index in [1.807, 2.05) is 6.07 Å². The number of carbonyl (C=O) groups excluding carboxylic acids is 2. The molecule has 0 aliphatic rings. The molecule has 0 bridgehead atoms. The third-order valence-electron chi connectivity index (χ3n) is 3.81. The van der Waals surface area contributed by atoms with Crippen molar-refractivity contribution < 1.29 is 19.4 Å². The number of pyridine rings is 1. The lowest BCUT2D eigenvalue weighted by Crippen LogP contribution is -2.30. The number of aromatic hydroxyl groups is 1. The van der Waals surface area contributed by atoms with Crippen LogP contribution in [0.3, 0.4) is 0 Å². The first-order chi connectivity index (χ1) is 13.0. The van der Waals surface area contributed by atoms with E-state index in [-0.39, 0.29) is 24.0 Å². The topological polar surface area (TPSA) is 79.7 Å². The molecule has 27 heavy (non-hydrogen) atoms. The molecule has 1 N–H and O–H groups in total. The Morgan fingerprint density at radius 1 is 1.04 bits per heavy atom. The Morgan fingerprint density at radius 2 is 1.81 bits per heavy atom. The highest BCUT2D eigenvalue weighted by molar-refractivity contribution is 6.07. The van der Waals surface area contributed by atoms with Gasteiger partial charge < -0.3 is 9.84 Å². The maximum absolute atomic E-state index is 13.2. The van der Waals surface area contributed by atoms with E-state index in [1.54, 1.807) is 54.7 Å². The predicted molar refractivity (Wildman–Crippen MR) is 101 cm³/mol. The summed E-state index contributed by atoms with van der Waals surface area (Å²) in [6.07, 6.45) is 1.64. The van der Waals surface area contributed by atoms with Crippen LogP contribution in [0.2, 0.25) is 0 Å². The molecule has 6 heteroatoms. The number of para-hydroxylation sites is 2. The van der Waals surface area contributed by atoms with Crippen LogP contribution in [0.4, 0.5) is 5.69 Å². The van der Waals surface area contributed by atoms with Crippen molar-refractivity contribution >= 4 is 17.6 Å². The SMILES string of the molecule is CC(=O)Oc1cccc(C(=O)N(Cc2ccccn2)c2ccccc2O)c1. The summed E-state index contributed by atoms with van der Waals surface area (Å²) in [6, 6.07) is 18.4. The Bertz CT molecular complexity index is 957. The van der Waals surface area contributed by atoms with E-state index < -0.39 is 5.97 Å². The first-order valence-electron chi connectivity index (χ1n) is 8.33. The smallest absolute Gasteiger partial charge is 0.308 e. The second kappa shape index (κ2) is 8.14. The van der Waals surface area contributed by atoms with Crippen LogP contribution in [0.1, 0.15) is 23.0 Å². The van der Waals surface area contributed by atoms with Gasteiger partial charge in [-0.25, -0.2) is 0 Å². The Balaban J connectivity index is 1.98. The van der Waals surface area contributed by atoms with Gasteiger partial charge in [-0.15, -0.1) is 0 Å². The number of hydrogen-bond acceptors (Lipinski definition) is 5. The predicted octanol–water partition coefficient (Wildman–Crippen LogP) is 3.56. The number of esters is 1. The number of hydrogen-bond donors (Lipinski definition) is 1. The molecule has 136 valence electrons. The molecule has 2 aromatic carbocycles. The van der Waals surface area contributed by atoms with E-state index in [4.69, 9.17) is 4.74 Å². The summed E-state index contributed by atoms with van der Waals surface area (Å²) in [6.45, 7) is 1.47. The molecule has 0 radical (unpaired) electrons. The van der Waals surface area contributed by atoms with Gasteiger partial charge in [-0.1, -0.05) is 24.3 Å². The molecular weight excluding hydrogens is 344 g/mol. The monoisotopic (exact) mass is 362 g/mol. The third-order valence-corrected chi connectivity index (χ3v) is 3.81. The normalized spacial score (nSPS) is 10.3. The zero-order valence-corrected chi connectivity index (χ0v) is 14.7. The number of amides is 1. The molecule has 3 aromatic rings. The quantitative estimate of drug-likeness (QED) is 0.554. The number of nitrogens with zero attached hydrogens (tertiary/aromatic N) is 2. The number of anilines is 1. The molecule has 0 aliphatic carbocycles. The minimum absolute atomic E-state index is 0.0158. The van der Waals surface area contributed by atoms with Crippen LogP contribution in [0, 0.1) is 0 Å². The molecule has 3 rings (SSSR count). The Hall–Kier alpha value is -3.67. The second-order valence-electron chi connectivity index (χ2n) is 5.82. The minimum atomic E-state index is -0.467. The van der Waals surface area contributed by atoms with Gasteiger partial charge in [0.25, 0.3) is 5.91 Å². The molecule has 0 spiro atoms. The molecule has 0 unspecified atom stereocenters. The standard InChI is InChI=1S/C21H18N2O4/c1-15(24)27-18-9-6-7-16(13-18)21(26)23(14-17-8-4-5-12-22-17)19-10-2-3-11-20(19)25/h2-13,25H,14H2,1H3. The van der Waals surface area contributed by atoms with E-state index in [9.17, 15) is 14.7 Å². The van der Waals surface area contributed by atoms with E-state index in [0.29, 0.717) is 16.9 Å². The van der Waals surface area contributed by atoms with Crippen molar-refractivity contribution in [3.8, 4) is 11.5 Å². The van der Waals surface area contributed by atoms with Gasteiger partial charge >= 0.3 is 5.97 Å². The minimum Gasteiger partial charge on any atom is -0.506 e. The molecule has 1 heterocycles. The van der Waals surface area contributed by atoms with Gasteiger partial charge in [-0.2, -0.15) is 0 Å². The molecular formula is C21H18N2O4. The number of phenolic OH excluding ortho intramolecular Hbond substituents is 1. The lowest BCUT2D eigenvalue weighted by atomic mass is 10.1. The van der Waals surface area contributed by atoms with Gasteiger partial charge in [-0.05, 0) is 42.5 Å². The maximum atomic E-state index is 13.2. The number of aromatic nitrogens is 1. The van der Waals surface area contributed by atoms with Crippen molar-refractivity contribution in [2.75, 3.05) is 4.90 Å². The van der Waals surface area contributed by atoms with Crippen molar-refractivity contribution in [3.05, 3.63) is 84.2 Å². The van der Waals surface area contributed by atoms with Crippen LogP contribution in [0.15, 0.2) is 72.9 Å². The van der Waals surface area contributed by atoms with Gasteiger partial charge in [-0.3, -0.25) is 19.5 Å². The zero-order valence-electron chi connectivity index (χ0n) is 14.7. The molecule has 0 atom stereocenters. The molecule has 1 aromatic heterocycles. The fourth-order valence-corrected chi connectivity index (χ4v) is 2.63. The number of phenols is 1. The fraction of sp³-hybridized carbons (Fsp3) is 0.0952. The summed E-state index contributed by atoms with van der Waals surface area (Å²) in [4.78, 5) is 30.1. The summed E-state index contributed by atoms with van der Waals surface area (Å²) < 4.78 is 5.06. The average Bonchev–Trinajstić information content (AvgIpc) is 2.67. The third kappa shape index (κ3) is 4.49.